The molecule has 0 spiro atoms. The molecule has 2 unspecified atom stereocenters. The lowest BCUT2D eigenvalue weighted by molar-refractivity contribution is -0.130. The average Bonchev–Trinajstić information content (AvgIpc) is 2.68. The summed E-state index contributed by atoms with van der Waals surface area (Å²) in [5.74, 6) is 0.215. The summed E-state index contributed by atoms with van der Waals surface area (Å²) in [6.45, 7) is 0.708. The first-order chi connectivity index (χ1) is 8.25. The topological polar surface area (TPSA) is 20.3 Å². The van der Waals surface area contributed by atoms with Crippen molar-refractivity contribution >= 4 is 17.5 Å². The van der Waals surface area contributed by atoms with Crippen molar-refractivity contribution in [2.24, 2.45) is 0 Å². The Morgan fingerprint density at radius 2 is 2.12 bits per heavy atom. The second-order valence-corrected chi connectivity index (χ2v) is 5.57. The number of alkyl halides is 1. The number of fused-ring (bicyclic) bond motifs is 1. The molecule has 90 valence electrons. The zero-order valence-electron chi connectivity index (χ0n) is 9.73. The second kappa shape index (κ2) is 4.34. The predicted molar refractivity (Wildman–Crippen MR) is 68.1 cm³/mol. The molecule has 0 saturated carbocycles. The van der Waals surface area contributed by atoms with Gasteiger partial charge in [-0.05, 0) is 30.4 Å². The molecule has 1 aromatic rings. The van der Waals surface area contributed by atoms with Crippen LogP contribution in [0.1, 0.15) is 36.4 Å². The molecule has 2 aliphatic rings. The lowest BCUT2D eigenvalue weighted by atomic mass is 9.87. The first kappa shape index (κ1) is 11.1. The molecule has 2 nitrogen and oxygen atoms in total. The van der Waals surface area contributed by atoms with Crippen molar-refractivity contribution in [2.45, 2.75) is 37.1 Å². The molecule has 0 bridgehead atoms. The highest BCUT2D eigenvalue weighted by molar-refractivity contribution is 6.22. The number of halogens is 1. The first-order valence-corrected chi connectivity index (χ1v) is 6.70. The molecule has 1 amide bonds. The normalized spacial score (nSPS) is 28.3. The molecule has 1 aliphatic carbocycles. The minimum atomic E-state index is -0.00316. The van der Waals surface area contributed by atoms with Gasteiger partial charge in [0.05, 0.1) is 11.4 Å². The van der Waals surface area contributed by atoms with Crippen molar-refractivity contribution in [1.82, 2.24) is 4.90 Å². The molecule has 0 aromatic heterocycles. The van der Waals surface area contributed by atoms with Crippen molar-refractivity contribution < 1.29 is 4.79 Å². The summed E-state index contributed by atoms with van der Waals surface area (Å²) in [5, 5.41) is -0.00316. The molecule has 1 aromatic carbocycles. The summed E-state index contributed by atoms with van der Waals surface area (Å²) in [6.07, 6.45) is 3.88. The van der Waals surface area contributed by atoms with Gasteiger partial charge in [-0.3, -0.25) is 4.79 Å². The van der Waals surface area contributed by atoms with Crippen LogP contribution in [0.15, 0.2) is 24.3 Å². The van der Waals surface area contributed by atoms with E-state index in [1.807, 2.05) is 4.90 Å². The summed E-state index contributed by atoms with van der Waals surface area (Å²) in [4.78, 5) is 13.9. The maximum Gasteiger partial charge on any atom is 0.224 e. The van der Waals surface area contributed by atoms with Gasteiger partial charge in [0.2, 0.25) is 5.91 Å². The van der Waals surface area contributed by atoms with Crippen LogP contribution in [-0.2, 0) is 11.2 Å². The Balaban J connectivity index is 1.93. The number of carbonyl (C=O) groups excluding carboxylic acids is 1. The van der Waals surface area contributed by atoms with Crippen LogP contribution in [0, 0.1) is 0 Å². The maximum absolute atomic E-state index is 11.9. The number of likely N-dealkylation sites (tertiary alicyclic amines) is 1. The molecule has 1 aliphatic heterocycles. The maximum atomic E-state index is 11.9. The third-order valence-electron chi connectivity index (χ3n) is 3.83. The highest BCUT2D eigenvalue weighted by Gasteiger charge is 2.35. The number of aryl methyl sites for hydroxylation is 1. The molecular formula is C14H16ClNO. The number of nitrogens with zero attached hydrogens (tertiary/aromatic N) is 1. The van der Waals surface area contributed by atoms with Crippen molar-refractivity contribution in [2.75, 3.05) is 6.54 Å². The van der Waals surface area contributed by atoms with Gasteiger partial charge in [0.25, 0.3) is 0 Å². The van der Waals surface area contributed by atoms with E-state index in [1.165, 1.54) is 17.5 Å². The molecule has 2 atom stereocenters. The number of amides is 1. The summed E-state index contributed by atoms with van der Waals surface area (Å²) < 4.78 is 0. The zero-order chi connectivity index (χ0) is 11.8. The molecule has 0 radical (unpaired) electrons. The van der Waals surface area contributed by atoms with Gasteiger partial charge in [0, 0.05) is 13.0 Å². The number of hydrogen-bond donors (Lipinski definition) is 0. The van der Waals surface area contributed by atoms with Crippen LogP contribution in [0.25, 0.3) is 0 Å². The zero-order valence-corrected chi connectivity index (χ0v) is 10.5. The third-order valence-corrected chi connectivity index (χ3v) is 4.12. The lowest BCUT2D eigenvalue weighted by Gasteiger charge is -2.33. The summed E-state index contributed by atoms with van der Waals surface area (Å²) in [5.41, 5.74) is 2.73. The minimum absolute atomic E-state index is 0.00316. The van der Waals surface area contributed by atoms with E-state index in [4.69, 9.17) is 11.6 Å². The van der Waals surface area contributed by atoms with Crippen molar-refractivity contribution in [3.63, 3.8) is 0 Å². The fourth-order valence-corrected chi connectivity index (χ4v) is 3.32. The Morgan fingerprint density at radius 1 is 1.29 bits per heavy atom. The van der Waals surface area contributed by atoms with Gasteiger partial charge in [-0.2, -0.15) is 0 Å². The molecule has 1 fully saturated rings. The molecule has 1 saturated heterocycles. The minimum Gasteiger partial charge on any atom is -0.334 e. The van der Waals surface area contributed by atoms with E-state index in [1.54, 1.807) is 0 Å². The predicted octanol–water partition coefficient (Wildman–Crippen LogP) is 2.90. The second-order valence-electron chi connectivity index (χ2n) is 4.95. The Labute approximate surface area is 107 Å². The Morgan fingerprint density at radius 3 is 2.88 bits per heavy atom. The molecule has 1 heterocycles. The van der Waals surface area contributed by atoms with Gasteiger partial charge in [0.1, 0.15) is 0 Å². The monoisotopic (exact) mass is 249 g/mol. The summed E-state index contributed by atoms with van der Waals surface area (Å²) in [7, 11) is 0. The molecule has 3 heteroatoms. The van der Waals surface area contributed by atoms with Gasteiger partial charge in [-0.25, -0.2) is 0 Å². The van der Waals surface area contributed by atoms with E-state index < -0.39 is 0 Å². The van der Waals surface area contributed by atoms with Gasteiger partial charge >= 0.3 is 0 Å². The number of hydrogen-bond acceptors (Lipinski definition) is 1. The molecular weight excluding hydrogens is 234 g/mol. The van der Waals surface area contributed by atoms with Crippen LogP contribution in [0.2, 0.25) is 0 Å². The van der Waals surface area contributed by atoms with Crippen LogP contribution in [-0.4, -0.2) is 22.7 Å². The van der Waals surface area contributed by atoms with Crippen molar-refractivity contribution in [1.29, 1.82) is 0 Å². The summed E-state index contributed by atoms with van der Waals surface area (Å²) >= 11 is 6.09. The van der Waals surface area contributed by atoms with Gasteiger partial charge in [0.15, 0.2) is 0 Å². The number of rotatable bonds is 1. The molecule has 0 N–H and O–H groups in total. The molecule has 3 rings (SSSR count). The third kappa shape index (κ3) is 1.95. The van der Waals surface area contributed by atoms with E-state index in [9.17, 15) is 4.79 Å². The number of carbonyl (C=O) groups is 1. The van der Waals surface area contributed by atoms with Crippen molar-refractivity contribution in [3.05, 3.63) is 35.4 Å². The van der Waals surface area contributed by atoms with Crippen molar-refractivity contribution in [3.8, 4) is 0 Å². The van der Waals surface area contributed by atoms with E-state index in [2.05, 4.69) is 24.3 Å². The Kier molecular flexibility index (Phi) is 2.83. The fraction of sp³-hybridized carbons (Fsp3) is 0.500. The van der Waals surface area contributed by atoms with E-state index >= 15 is 0 Å². The van der Waals surface area contributed by atoms with Crippen LogP contribution in [0.5, 0.6) is 0 Å². The standard InChI is InChI=1S/C14H16ClNO/c15-11-8-14(17)16(9-11)13-7-3-5-10-4-1-2-6-12(10)13/h1-2,4,6,11,13H,3,5,7-9H2. The van der Waals surface area contributed by atoms with E-state index in [0.717, 1.165) is 12.8 Å². The first-order valence-electron chi connectivity index (χ1n) is 6.27. The molecule has 17 heavy (non-hydrogen) atoms. The largest absolute Gasteiger partial charge is 0.334 e. The van der Waals surface area contributed by atoms with Crippen LogP contribution in [0.4, 0.5) is 0 Å². The summed E-state index contributed by atoms with van der Waals surface area (Å²) in [6, 6.07) is 8.75. The fourth-order valence-electron chi connectivity index (χ4n) is 3.04. The van der Waals surface area contributed by atoms with Gasteiger partial charge < -0.3 is 4.90 Å². The SMILES string of the molecule is O=C1CC(Cl)CN1C1CCCc2ccccc21. The lowest BCUT2D eigenvalue weighted by Crippen LogP contribution is -2.32. The quantitative estimate of drug-likeness (QED) is 0.701. The van der Waals surface area contributed by atoms with Gasteiger partial charge in [-0.1, -0.05) is 24.3 Å². The van der Waals surface area contributed by atoms with E-state index in [0.29, 0.717) is 13.0 Å². The Hall–Kier alpha value is -1.02. The number of benzene rings is 1. The van der Waals surface area contributed by atoms with Crippen LogP contribution >= 0.6 is 11.6 Å². The Bertz CT molecular complexity index is 446. The van der Waals surface area contributed by atoms with E-state index in [-0.39, 0.29) is 17.3 Å². The average molecular weight is 250 g/mol. The smallest absolute Gasteiger partial charge is 0.224 e. The highest BCUT2D eigenvalue weighted by Crippen LogP contribution is 2.37. The van der Waals surface area contributed by atoms with Gasteiger partial charge in [-0.15, -0.1) is 11.6 Å². The van der Waals surface area contributed by atoms with Crippen LogP contribution < -0.4 is 0 Å². The highest BCUT2D eigenvalue weighted by atomic mass is 35.5. The van der Waals surface area contributed by atoms with Crippen LogP contribution in [0.3, 0.4) is 0 Å².